The van der Waals surface area contributed by atoms with Crippen LogP contribution in [0.4, 0.5) is 0 Å². The maximum atomic E-state index is 11.9. The van der Waals surface area contributed by atoms with Gasteiger partial charge in [0.1, 0.15) is 12.0 Å². The largest absolute Gasteiger partial charge is 0.423 e. The van der Waals surface area contributed by atoms with Gasteiger partial charge in [0, 0.05) is 44.2 Å². The molecule has 0 bridgehead atoms. The summed E-state index contributed by atoms with van der Waals surface area (Å²) in [5.41, 5.74) is 2.38. The Balaban J connectivity index is 1.75. The second kappa shape index (κ2) is 7.49. The molecule has 1 aliphatic heterocycles. The SMILES string of the molecule is CCc1ccc2c(CN3CCN(C(=O)CC#N)CC3)cc(=O)oc2c1. The normalized spacial score (nSPS) is 15.3. The number of aryl methyl sites for hydroxylation is 1. The van der Waals surface area contributed by atoms with Crippen molar-refractivity contribution in [3.05, 3.63) is 45.8 Å². The molecule has 0 unspecified atom stereocenters. The van der Waals surface area contributed by atoms with Gasteiger partial charge in [-0.05, 0) is 23.6 Å². The second-order valence-electron chi connectivity index (χ2n) is 6.27. The molecule has 6 heteroatoms. The number of hydrogen-bond acceptors (Lipinski definition) is 5. The van der Waals surface area contributed by atoms with Crippen molar-refractivity contribution < 1.29 is 9.21 Å². The Morgan fingerprint density at radius 2 is 2.00 bits per heavy atom. The van der Waals surface area contributed by atoms with Gasteiger partial charge < -0.3 is 9.32 Å². The first-order valence-corrected chi connectivity index (χ1v) is 8.53. The molecule has 0 radical (unpaired) electrons. The number of piperazine rings is 1. The fraction of sp³-hybridized carbons (Fsp3) is 0.421. The van der Waals surface area contributed by atoms with Gasteiger partial charge in [0.15, 0.2) is 0 Å². The molecule has 1 fully saturated rings. The van der Waals surface area contributed by atoms with Crippen LogP contribution in [0.25, 0.3) is 11.0 Å². The van der Waals surface area contributed by atoms with E-state index in [0.29, 0.717) is 25.2 Å². The quantitative estimate of drug-likeness (QED) is 0.795. The summed E-state index contributed by atoms with van der Waals surface area (Å²) in [7, 11) is 0. The van der Waals surface area contributed by atoms with Crippen molar-refractivity contribution in [1.29, 1.82) is 5.26 Å². The van der Waals surface area contributed by atoms with Crippen LogP contribution in [0.5, 0.6) is 0 Å². The smallest absolute Gasteiger partial charge is 0.336 e. The lowest BCUT2D eigenvalue weighted by molar-refractivity contribution is -0.131. The Kier molecular flexibility index (Phi) is 5.15. The predicted molar refractivity (Wildman–Crippen MR) is 93.9 cm³/mol. The average molecular weight is 339 g/mol. The van der Waals surface area contributed by atoms with Crippen molar-refractivity contribution in [2.24, 2.45) is 0 Å². The van der Waals surface area contributed by atoms with E-state index in [4.69, 9.17) is 9.68 Å². The highest BCUT2D eigenvalue weighted by Gasteiger charge is 2.21. The van der Waals surface area contributed by atoms with E-state index in [1.165, 1.54) is 0 Å². The number of hydrogen-bond donors (Lipinski definition) is 0. The monoisotopic (exact) mass is 339 g/mol. The van der Waals surface area contributed by atoms with Crippen molar-refractivity contribution in [2.75, 3.05) is 26.2 Å². The first-order chi connectivity index (χ1) is 12.1. The minimum atomic E-state index is -0.335. The number of benzene rings is 1. The molecule has 6 nitrogen and oxygen atoms in total. The van der Waals surface area contributed by atoms with E-state index in [9.17, 15) is 9.59 Å². The lowest BCUT2D eigenvalue weighted by Gasteiger charge is -2.34. The average Bonchev–Trinajstić information content (AvgIpc) is 2.61. The third kappa shape index (κ3) is 3.89. The number of carbonyl (C=O) groups excluding carboxylic acids is 1. The molecule has 25 heavy (non-hydrogen) atoms. The maximum Gasteiger partial charge on any atom is 0.336 e. The van der Waals surface area contributed by atoms with Crippen LogP contribution in [-0.2, 0) is 17.8 Å². The molecule has 0 saturated carbocycles. The molecule has 2 aromatic rings. The van der Waals surface area contributed by atoms with E-state index in [2.05, 4.69) is 17.9 Å². The third-order valence-corrected chi connectivity index (χ3v) is 4.65. The molecule has 130 valence electrons. The standard InChI is InChI=1S/C19H21N3O3/c1-2-14-3-4-16-15(12-19(24)25-17(16)11-14)13-21-7-9-22(10-8-21)18(23)5-6-20/h3-4,11-12H,2,5,7-10,13H2,1H3. The number of nitriles is 1. The number of nitrogens with zero attached hydrogens (tertiary/aromatic N) is 3. The first kappa shape index (κ1) is 17.2. The molecule has 3 rings (SSSR count). The van der Waals surface area contributed by atoms with E-state index < -0.39 is 0 Å². The molecule has 1 aromatic heterocycles. The highest BCUT2D eigenvalue weighted by molar-refractivity contribution is 5.81. The summed E-state index contributed by atoms with van der Waals surface area (Å²) in [5.74, 6) is -0.111. The van der Waals surface area contributed by atoms with Crippen LogP contribution in [0.15, 0.2) is 33.5 Å². The Morgan fingerprint density at radius 1 is 1.24 bits per heavy atom. The van der Waals surface area contributed by atoms with Crippen molar-refractivity contribution in [2.45, 2.75) is 26.3 Å². The van der Waals surface area contributed by atoms with Gasteiger partial charge in [-0.15, -0.1) is 0 Å². The molecular formula is C19H21N3O3. The molecule has 1 amide bonds. The Bertz CT molecular complexity index is 874. The number of amides is 1. The van der Waals surface area contributed by atoms with Crippen molar-refractivity contribution in [1.82, 2.24) is 9.80 Å². The van der Waals surface area contributed by atoms with Gasteiger partial charge in [0.05, 0.1) is 6.07 Å². The topological polar surface area (TPSA) is 77.5 Å². The summed E-state index contributed by atoms with van der Waals surface area (Å²) in [6.45, 7) is 5.39. The van der Waals surface area contributed by atoms with E-state index >= 15 is 0 Å². The zero-order valence-corrected chi connectivity index (χ0v) is 14.3. The molecule has 1 saturated heterocycles. The molecule has 0 N–H and O–H groups in total. The highest BCUT2D eigenvalue weighted by Crippen LogP contribution is 2.21. The van der Waals surface area contributed by atoms with E-state index in [0.717, 1.165) is 36.0 Å². The van der Waals surface area contributed by atoms with Gasteiger partial charge in [-0.25, -0.2) is 4.79 Å². The summed E-state index contributed by atoms with van der Waals surface area (Å²) in [6.07, 6.45) is 0.826. The molecule has 2 heterocycles. The van der Waals surface area contributed by atoms with Crippen molar-refractivity contribution >= 4 is 16.9 Å². The molecule has 1 aromatic carbocycles. The van der Waals surface area contributed by atoms with Crippen molar-refractivity contribution in [3.63, 3.8) is 0 Å². The molecule has 0 atom stereocenters. The van der Waals surface area contributed by atoms with Gasteiger partial charge in [-0.1, -0.05) is 19.1 Å². The minimum absolute atomic E-state index is 0.0653. The molecular weight excluding hydrogens is 318 g/mol. The zero-order valence-electron chi connectivity index (χ0n) is 14.3. The zero-order chi connectivity index (χ0) is 17.8. The van der Waals surface area contributed by atoms with Crippen LogP contribution in [-0.4, -0.2) is 41.9 Å². The summed E-state index contributed by atoms with van der Waals surface area (Å²) in [5, 5.41) is 9.59. The Morgan fingerprint density at radius 3 is 2.68 bits per heavy atom. The van der Waals surface area contributed by atoms with Gasteiger partial charge in [-0.2, -0.15) is 5.26 Å². The fourth-order valence-electron chi connectivity index (χ4n) is 3.20. The number of fused-ring (bicyclic) bond motifs is 1. The minimum Gasteiger partial charge on any atom is -0.423 e. The van der Waals surface area contributed by atoms with Crippen LogP contribution in [0.1, 0.15) is 24.5 Å². The van der Waals surface area contributed by atoms with Crippen LogP contribution < -0.4 is 5.63 Å². The Labute approximate surface area is 146 Å². The molecule has 0 spiro atoms. The molecule has 0 aliphatic carbocycles. The number of carbonyl (C=O) groups is 1. The van der Waals surface area contributed by atoms with E-state index in [1.807, 2.05) is 18.2 Å². The summed E-state index contributed by atoms with van der Waals surface area (Å²) in [6, 6.07) is 9.46. The van der Waals surface area contributed by atoms with Gasteiger partial charge >= 0.3 is 5.63 Å². The third-order valence-electron chi connectivity index (χ3n) is 4.65. The summed E-state index contributed by atoms with van der Waals surface area (Å²) < 4.78 is 5.35. The van der Waals surface area contributed by atoms with Crippen LogP contribution >= 0.6 is 0 Å². The van der Waals surface area contributed by atoms with Crippen LogP contribution in [0, 0.1) is 11.3 Å². The highest BCUT2D eigenvalue weighted by atomic mass is 16.4. The number of rotatable bonds is 4. The lowest BCUT2D eigenvalue weighted by Crippen LogP contribution is -2.48. The van der Waals surface area contributed by atoms with Gasteiger partial charge in [0.2, 0.25) is 5.91 Å². The van der Waals surface area contributed by atoms with Gasteiger partial charge in [0.25, 0.3) is 0 Å². The first-order valence-electron chi connectivity index (χ1n) is 8.53. The Hall–Kier alpha value is -2.65. The van der Waals surface area contributed by atoms with E-state index in [1.54, 1.807) is 11.0 Å². The van der Waals surface area contributed by atoms with Gasteiger partial charge in [-0.3, -0.25) is 9.69 Å². The van der Waals surface area contributed by atoms with E-state index in [-0.39, 0.29) is 18.0 Å². The fourth-order valence-corrected chi connectivity index (χ4v) is 3.20. The summed E-state index contributed by atoms with van der Waals surface area (Å²) >= 11 is 0. The summed E-state index contributed by atoms with van der Waals surface area (Å²) in [4.78, 5) is 27.6. The molecule has 1 aliphatic rings. The van der Waals surface area contributed by atoms with Crippen LogP contribution in [0.3, 0.4) is 0 Å². The lowest BCUT2D eigenvalue weighted by atomic mass is 10.1. The maximum absolute atomic E-state index is 11.9. The predicted octanol–water partition coefficient (Wildman–Crippen LogP) is 1.91. The second-order valence-corrected chi connectivity index (χ2v) is 6.27. The van der Waals surface area contributed by atoms with Crippen LogP contribution in [0.2, 0.25) is 0 Å². The van der Waals surface area contributed by atoms with Crippen molar-refractivity contribution in [3.8, 4) is 6.07 Å².